The molecule has 0 aliphatic carbocycles. The number of ether oxygens (including phenoxy) is 1. The zero-order valence-corrected chi connectivity index (χ0v) is 12.1. The molecule has 0 bridgehead atoms. The number of hydrogen-bond donors (Lipinski definition) is 1. The van der Waals surface area contributed by atoms with Gasteiger partial charge in [0.25, 0.3) is 0 Å². The van der Waals surface area contributed by atoms with Crippen molar-refractivity contribution < 1.29 is 9.13 Å². The van der Waals surface area contributed by atoms with Crippen molar-refractivity contribution in [1.82, 2.24) is 10.3 Å². The third-order valence-corrected chi connectivity index (χ3v) is 3.10. The van der Waals surface area contributed by atoms with Crippen molar-refractivity contribution in [3.63, 3.8) is 0 Å². The van der Waals surface area contributed by atoms with E-state index in [2.05, 4.69) is 26.2 Å². The molecule has 0 aliphatic heterocycles. The van der Waals surface area contributed by atoms with Gasteiger partial charge in [-0.25, -0.2) is 9.37 Å². The highest BCUT2D eigenvalue weighted by atomic mass is 79.9. The Labute approximate surface area is 119 Å². The lowest BCUT2D eigenvalue weighted by Gasteiger charge is -2.08. The van der Waals surface area contributed by atoms with Gasteiger partial charge in [0.15, 0.2) is 0 Å². The Morgan fingerprint density at radius 3 is 2.95 bits per heavy atom. The van der Waals surface area contributed by atoms with Crippen LogP contribution >= 0.6 is 15.9 Å². The van der Waals surface area contributed by atoms with Gasteiger partial charge in [-0.2, -0.15) is 0 Å². The van der Waals surface area contributed by atoms with E-state index in [0.29, 0.717) is 22.6 Å². The molecule has 0 unspecified atom stereocenters. The van der Waals surface area contributed by atoms with E-state index in [1.54, 1.807) is 12.1 Å². The summed E-state index contributed by atoms with van der Waals surface area (Å²) in [4.78, 5) is 4.35. The number of halogens is 2. The fourth-order valence-electron chi connectivity index (χ4n) is 1.53. The molecule has 2 rings (SSSR count). The molecule has 0 spiro atoms. The third-order valence-electron chi connectivity index (χ3n) is 2.45. The fraction of sp³-hybridized carbons (Fsp3) is 0.214. The Kier molecular flexibility index (Phi) is 4.87. The van der Waals surface area contributed by atoms with Gasteiger partial charge in [-0.1, -0.05) is 13.0 Å². The van der Waals surface area contributed by atoms with Gasteiger partial charge in [-0.3, -0.25) is 0 Å². The van der Waals surface area contributed by atoms with E-state index in [4.69, 9.17) is 4.74 Å². The molecule has 0 amide bonds. The topological polar surface area (TPSA) is 34.1 Å². The fourth-order valence-corrected chi connectivity index (χ4v) is 1.86. The van der Waals surface area contributed by atoms with E-state index in [1.165, 1.54) is 12.1 Å². The molecule has 0 saturated heterocycles. The molecule has 0 aliphatic rings. The quantitative estimate of drug-likeness (QED) is 0.906. The van der Waals surface area contributed by atoms with Crippen molar-refractivity contribution in [2.24, 2.45) is 0 Å². The monoisotopic (exact) mass is 324 g/mol. The minimum absolute atomic E-state index is 0.345. The lowest BCUT2D eigenvalue weighted by Crippen LogP contribution is -2.12. The molecule has 1 N–H and O–H groups in total. The Bertz CT molecular complexity index is 563. The van der Waals surface area contributed by atoms with Crippen molar-refractivity contribution in [2.75, 3.05) is 6.54 Å². The van der Waals surface area contributed by atoms with Crippen LogP contribution in [0.1, 0.15) is 12.6 Å². The van der Waals surface area contributed by atoms with Crippen molar-refractivity contribution in [2.45, 2.75) is 13.5 Å². The molecule has 19 heavy (non-hydrogen) atoms. The van der Waals surface area contributed by atoms with Crippen molar-refractivity contribution in [3.8, 4) is 11.6 Å². The van der Waals surface area contributed by atoms with Gasteiger partial charge in [0.2, 0.25) is 5.88 Å². The standard InChI is InChI=1S/C14H14BrFN2O/c1-2-17-9-11-4-3-5-14(18-11)19-13-8-10(16)6-7-12(13)15/h3-8,17H,2,9H2,1H3. The molecule has 2 aromatic rings. The van der Waals surface area contributed by atoms with Crippen LogP contribution in [0.5, 0.6) is 11.6 Å². The molecule has 100 valence electrons. The van der Waals surface area contributed by atoms with Crippen molar-refractivity contribution in [3.05, 3.63) is 52.4 Å². The first-order chi connectivity index (χ1) is 9.19. The van der Waals surface area contributed by atoms with Crippen LogP contribution in [-0.2, 0) is 6.54 Å². The summed E-state index contributed by atoms with van der Waals surface area (Å²) in [6, 6.07) is 9.81. The minimum atomic E-state index is -0.345. The van der Waals surface area contributed by atoms with Gasteiger partial charge in [0.05, 0.1) is 10.2 Å². The number of pyridine rings is 1. The van der Waals surface area contributed by atoms with E-state index in [0.717, 1.165) is 12.2 Å². The Hall–Kier alpha value is -1.46. The van der Waals surface area contributed by atoms with Crippen molar-refractivity contribution in [1.29, 1.82) is 0 Å². The molecule has 0 saturated carbocycles. The maximum atomic E-state index is 13.2. The van der Waals surface area contributed by atoms with Gasteiger partial charge in [-0.05, 0) is 40.7 Å². The van der Waals surface area contributed by atoms with Gasteiger partial charge >= 0.3 is 0 Å². The van der Waals surface area contributed by atoms with Crippen LogP contribution in [0.4, 0.5) is 4.39 Å². The molecule has 0 radical (unpaired) electrons. The molecule has 0 atom stereocenters. The number of hydrogen-bond acceptors (Lipinski definition) is 3. The molecule has 3 nitrogen and oxygen atoms in total. The summed E-state index contributed by atoms with van der Waals surface area (Å²) in [5, 5.41) is 3.19. The van der Waals surface area contributed by atoms with Crippen LogP contribution in [0.2, 0.25) is 0 Å². The van der Waals surface area contributed by atoms with Gasteiger partial charge < -0.3 is 10.1 Å². The van der Waals surface area contributed by atoms with E-state index in [9.17, 15) is 4.39 Å². The summed E-state index contributed by atoms with van der Waals surface area (Å²) in [6.45, 7) is 3.59. The first-order valence-electron chi connectivity index (χ1n) is 5.98. The molecule has 5 heteroatoms. The Balaban J connectivity index is 2.16. The van der Waals surface area contributed by atoms with E-state index >= 15 is 0 Å². The second-order valence-electron chi connectivity index (χ2n) is 3.92. The predicted molar refractivity (Wildman–Crippen MR) is 75.8 cm³/mol. The molecule has 1 aromatic carbocycles. The lowest BCUT2D eigenvalue weighted by molar-refractivity contribution is 0.452. The smallest absolute Gasteiger partial charge is 0.219 e. The first-order valence-corrected chi connectivity index (χ1v) is 6.78. The normalized spacial score (nSPS) is 10.5. The summed E-state index contributed by atoms with van der Waals surface area (Å²) >= 11 is 3.32. The number of benzene rings is 1. The van der Waals surface area contributed by atoms with E-state index < -0.39 is 0 Å². The van der Waals surface area contributed by atoms with Crippen LogP contribution in [-0.4, -0.2) is 11.5 Å². The Morgan fingerprint density at radius 1 is 1.32 bits per heavy atom. The average molecular weight is 325 g/mol. The van der Waals surface area contributed by atoms with Crippen molar-refractivity contribution >= 4 is 15.9 Å². The molecular weight excluding hydrogens is 311 g/mol. The average Bonchev–Trinajstić information content (AvgIpc) is 2.41. The zero-order valence-electron chi connectivity index (χ0n) is 10.5. The maximum absolute atomic E-state index is 13.2. The maximum Gasteiger partial charge on any atom is 0.219 e. The highest BCUT2D eigenvalue weighted by molar-refractivity contribution is 9.10. The summed E-state index contributed by atoms with van der Waals surface area (Å²) in [5.74, 6) is 0.511. The second-order valence-corrected chi connectivity index (χ2v) is 4.78. The number of nitrogens with one attached hydrogen (secondary N) is 1. The van der Waals surface area contributed by atoms with Crippen LogP contribution in [0.15, 0.2) is 40.9 Å². The van der Waals surface area contributed by atoms with E-state index in [-0.39, 0.29) is 5.82 Å². The molecule has 1 aromatic heterocycles. The number of aromatic nitrogens is 1. The van der Waals surface area contributed by atoms with Crippen LogP contribution in [0.25, 0.3) is 0 Å². The summed E-state index contributed by atoms with van der Waals surface area (Å²) in [5.41, 5.74) is 0.881. The van der Waals surface area contributed by atoms with Gasteiger partial charge in [0, 0.05) is 18.7 Å². The summed E-state index contributed by atoms with van der Waals surface area (Å²) < 4.78 is 19.4. The van der Waals surface area contributed by atoms with Crippen LogP contribution < -0.4 is 10.1 Å². The van der Waals surface area contributed by atoms with Gasteiger partial charge in [0.1, 0.15) is 11.6 Å². The van der Waals surface area contributed by atoms with Gasteiger partial charge in [-0.15, -0.1) is 0 Å². The number of nitrogens with zero attached hydrogens (tertiary/aromatic N) is 1. The SMILES string of the molecule is CCNCc1cccc(Oc2cc(F)ccc2Br)n1. The van der Waals surface area contributed by atoms with Crippen LogP contribution in [0.3, 0.4) is 0 Å². The lowest BCUT2D eigenvalue weighted by atomic mass is 10.3. The number of rotatable bonds is 5. The highest BCUT2D eigenvalue weighted by Crippen LogP contribution is 2.29. The highest BCUT2D eigenvalue weighted by Gasteiger charge is 2.06. The molecule has 1 heterocycles. The summed E-state index contributed by atoms with van der Waals surface area (Å²) in [7, 11) is 0. The molecular formula is C14H14BrFN2O. The van der Waals surface area contributed by atoms with Crippen LogP contribution in [0, 0.1) is 5.82 Å². The minimum Gasteiger partial charge on any atom is -0.438 e. The molecule has 0 fully saturated rings. The Morgan fingerprint density at radius 2 is 2.16 bits per heavy atom. The first kappa shape index (κ1) is 14.0. The predicted octanol–water partition coefficient (Wildman–Crippen LogP) is 3.89. The zero-order chi connectivity index (χ0) is 13.7. The largest absolute Gasteiger partial charge is 0.438 e. The second kappa shape index (κ2) is 6.63. The third kappa shape index (κ3) is 4.01. The summed E-state index contributed by atoms with van der Waals surface area (Å²) in [6.07, 6.45) is 0. The van der Waals surface area contributed by atoms with E-state index in [1.807, 2.05) is 19.1 Å².